The molecular weight excluding hydrogens is 383 g/mol. The van der Waals surface area contributed by atoms with Gasteiger partial charge in [-0.3, -0.25) is 4.79 Å². The van der Waals surface area contributed by atoms with Crippen LogP contribution in [-0.4, -0.2) is 22.5 Å². The van der Waals surface area contributed by atoms with Crippen LogP contribution in [0.3, 0.4) is 0 Å². The summed E-state index contributed by atoms with van der Waals surface area (Å²) in [7, 11) is 0. The normalized spacial score (nSPS) is 10.4. The summed E-state index contributed by atoms with van der Waals surface area (Å²) >= 11 is 5.92. The molecule has 0 aliphatic heterocycles. The number of nitrogens with zero attached hydrogens (tertiary/aromatic N) is 2. The Morgan fingerprint density at radius 3 is 2.54 bits per heavy atom. The summed E-state index contributed by atoms with van der Waals surface area (Å²) < 4.78 is 19.3. The van der Waals surface area contributed by atoms with Crippen molar-refractivity contribution in [2.45, 2.75) is 13.8 Å². The first kappa shape index (κ1) is 19.6. The Bertz CT molecular complexity index is 976. The molecule has 0 fully saturated rings. The lowest BCUT2D eigenvalue weighted by Gasteiger charge is -2.11. The number of carbonyl (C=O) groups is 1. The number of ether oxygens (including phenoxy) is 1. The number of benzene rings is 2. The number of halogens is 2. The van der Waals surface area contributed by atoms with Gasteiger partial charge >= 0.3 is 0 Å². The number of aromatic nitrogens is 2. The highest BCUT2D eigenvalue weighted by Crippen LogP contribution is 2.23. The van der Waals surface area contributed by atoms with E-state index < -0.39 is 11.7 Å². The Balaban J connectivity index is 1.71. The van der Waals surface area contributed by atoms with Crippen LogP contribution in [0, 0.1) is 12.7 Å². The van der Waals surface area contributed by atoms with E-state index >= 15 is 0 Å². The lowest BCUT2D eigenvalue weighted by molar-refractivity contribution is 0.102. The highest BCUT2D eigenvalue weighted by atomic mass is 35.5. The minimum atomic E-state index is -0.674. The fourth-order valence-electron chi connectivity index (χ4n) is 2.52. The molecule has 8 heteroatoms. The average Bonchev–Trinajstić information content (AvgIpc) is 2.63. The number of hydrogen-bond donors (Lipinski definition) is 2. The second-order valence-electron chi connectivity index (χ2n) is 5.82. The molecule has 0 bridgehead atoms. The second kappa shape index (κ2) is 8.67. The summed E-state index contributed by atoms with van der Waals surface area (Å²) in [4.78, 5) is 20.8. The topological polar surface area (TPSA) is 76.1 Å². The van der Waals surface area contributed by atoms with E-state index in [9.17, 15) is 9.18 Å². The molecule has 0 atom stereocenters. The Labute approximate surface area is 166 Å². The predicted octanol–water partition coefficient (Wildman–Crippen LogP) is 4.97. The molecule has 0 aliphatic carbocycles. The van der Waals surface area contributed by atoms with Crippen LogP contribution in [0.15, 0.2) is 48.5 Å². The molecule has 0 unspecified atom stereocenters. The third-order valence-electron chi connectivity index (χ3n) is 3.71. The zero-order valence-electron chi connectivity index (χ0n) is 15.3. The van der Waals surface area contributed by atoms with Crippen molar-refractivity contribution >= 4 is 34.7 Å². The molecule has 3 aromatic rings. The molecule has 3 rings (SSSR count). The zero-order valence-corrected chi connectivity index (χ0v) is 16.0. The van der Waals surface area contributed by atoms with E-state index in [0.717, 1.165) is 5.69 Å². The molecule has 28 heavy (non-hydrogen) atoms. The summed E-state index contributed by atoms with van der Waals surface area (Å²) in [5, 5.41) is 5.83. The number of anilines is 3. The van der Waals surface area contributed by atoms with Crippen molar-refractivity contribution < 1.29 is 13.9 Å². The Morgan fingerprint density at radius 1 is 1.14 bits per heavy atom. The van der Waals surface area contributed by atoms with E-state index in [1.807, 2.05) is 6.92 Å². The Morgan fingerprint density at radius 2 is 1.86 bits per heavy atom. The highest BCUT2D eigenvalue weighted by molar-refractivity contribution is 6.34. The molecule has 0 radical (unpaired) electrons. The minimum Gasteiger partial charge on any atom is -0.478 e. The molecule has 0 aliphatic rings. The maximum Gasteiger partial charge on any atom is 0.260 e. The van der Waals surface area contributed by atoms with Crippen molar-refractivity contribution in [3.05, 3.63) is 70.8 Å². The summed E-state index contributed by atoms with van der Waals surface area (Å²) in [6.45, 7) is 4.17. The highest BCUT2D eigenvalue weighted by Gasteiger charge is 2.15. The van der Waals surface area contributed by atoms with E-state index in [0.29, 0.717) is 29.8 Å². The third kappa shape index (κ3) is 4.75. The monoisotopic (exact) mass is 400 g/mol. The maximum atomic E-state index is 13.9. The van der Waals surface area contributed by atoms with Crippen molar-refractivity contribution in [2.24, 2.45) is 0 Å². The minimum absolute atomic E-state index is 0.0556. The van der Waals surface area contributed by atoms with Crippen molar-refractivity contribution in [1.29, 1.82) is 0 Å². The summed E-state index contributed by atoms with van der Waals surface area (Å²) in [6, 6.07) is 12.7. The van der Waals surface area contributed by atoms with E-state index in [1.54, 1.807) is 37.3 Å². The molecule has 2 aromatic carbocycles. The van der Waals surface area contributed by atoms with Gasteiger partial charge in [-0.25, -0.2) is 9.37 Å². The molecule has 1 amide bonds. The molecule has 2 N–H and O–H groups in total. The van der Waals surface area contributed by atoms with Crippen LogP contribution < -0.4 is 15.4 Å². The molecule has 1 heterocycles. The van der Waals surface area contributed by atoms with Gasteiger partial charge in [0.25, 0.3) is 5.91 Å². The molecule has 144 valence electrons. The molecule has 0 spiro atoms. The van der Waals surface area contributed by atoms with E-state index in [-0.39, 0.29) is 10.6 Å². The van der Waals surface area contributed by atoms with Crippen LogP contribution in [0.5, 0.6) is 5.88 Å². The van der Waals surface area contributed by atoms with Crippen molar-refractivity contribution in [3.8, 4) is 5.88 Å². The van der Waals surface area contributed by atoms with Crippen LogP contribution in [0.2, 0.25) is 5.02 Å². The Kier molecular flexibility index (Phi) is 6.06. The van der Waals surface area contributed by atoms with Gasteiger partial charge in [0.2, 0.25) is 5.88 Å². The summed E-state index contributed by atoms with van der Waals surface area (Å²) in [6.07, 6.45) is 0. The van der Waals surface area contributed by atoms with Crippen LogP contribution in [0.25, 0.3) is 0 Å². The van der Waals surface area contributed by atoms with Crippen molar-refractivity contribution in [1.82, 2.24) is 9.97 Å². The standard InChI is InChI=1S/C20H18ClFN4O2/c1-3-28-18-11-17(23-12(2)24-18)25-13-7-9-14(10-8-13)26-20(27)19-15(21)5-4-6-16(19)22/h4-11H,3H2,1-2H3,(H,26,27)(H,23,24,25). The molecular formula is C20H18ClFN4O2. The number of amides is 1. The van der Waals surface area contributed by atoms with E-state index in [2.05, 4.69) is 20.6 Å². The molecule has 0 saturated carbocycles. The fraction of sp³-hybridized carbons (Fsp3) is 0.150. The van der Waals surface area contributed by atoms with E-state index in [4.69, 9.17) is 16.3 Å². The van der Waals surface area contributed by atoms with Gasteiger partial charge in [-0.15, -0.1) is 0 Å². The number of carbonyl (C=O) groups excluding carboxylic acids is 1. The average molecular weight is 401 g/mol. The van der Waals surface area contributed by atoms with Crippen molar-refractivity contribution in [2.75, 3.05) is 17.2 Å². The first-order chi connectivity index (χ1) is 13.5. The number of aryl methyl sites for hydroxylation is 1. The van der Waals surface area contributed by atoms with Gasteiger partial charge in [-0.05, 0) is 50.2 Å². The lowest BCUT2D eigenvalue weighted by atomic mass is 10.2. The van der Waals surface area contributed by atoms with Gasteiger partial charge in [0.05, 0.1) is 17.2 Å². The molecule has 6 nitrogen and oxygen atoms in total. The van der Waals surface area contributed by atoms with Crippen LogP contribution in [0.1, 0.15) is 23.1 Å². The second-order valence-corrected chi connectivity index (χ2v) is 6.23. The number of rotatable bonds is 6. The van der Waals surface area contributed by atoms with Gasteiger partial charge < -0.3 is 15.4 Å². The first-order valence-corrected chi connectivity index (χ1v) is 8.95. The summed E-state index contributed by atoms with van der Waals surface area (Å²) in [5.41, 5.74) is 1.07. The molecule has 1 aromatic heterocycles. The van der Waals surface area contributed by atoms with Gasteiger partial charge in [0.15, 0.2) is 0 Å². The SMILES string of the molecule is CCOc1cc(Nc2ccc(NC(=O)c3c(F)cccc3Cl)cc2)nc(C)n1. The van der Waals surface area contributed by atoms with Gasteiger partial charge in [-0.2, -0.15) is 4.98 Å². The predicted molar refractivity (Wildman–Crippen MR) is 107 cm³/mol. The quantitative estimate of drug-likeness (QED) is 0.610. The smallest absolute Gasteiger partial charge is 0.260 e. The third-order valence-corrected chi connectivity index (χ3v) is 4.03. The van der Waals surface area contributed by atoms with E-state index in [1.165, 1.54) is 18.2 Å². The number of nitrogens with one attached hydrogen (secondary N) is 2. The zero-order chi connectivity index (χ0) is 20.1. The lowest BCUT2D eigenvalue weighted by Crippen LogP contribution is -2.14. The van der Waals surface area contributed by atoms with Crippen LogP contribution in [-0.2, 0) is 0 Å². The largest absolute Gasteiger partial charge is 0.478 e. The first-order valence-electron chi connectivity index (χ1n) is 8.57. The van der Waals surface area contributed by atoms with Crippen molar-refractivity contribution in [3.63, 3.8) is 0 Å². The Hall–Kier alpha value is -3.19. The van der Waals surface area contributed by atoms with Gasteiger partial charge in [-0.1, -0.05) is 17.7 Å². The molecule has 0 saturated heterocycles. The maximum absolute atomic E-state index is 13.9. The fourth-order valence-corrected chi connectivity index (χ4v) is 2.77. The van der Waals surface area contributed by atoms with Gasteiger partial charge in [0.1, 0.15) is 17.5 Å². The van der Waals surface area contributed by atoms with Gasteiger partial charge in [0, 0.05) is 17.4 Å². The van der Waals surface area contributed by atoms with Crippen LogP contribution in [0.4, 0.5) is 21.6 Å². The van der Waals surface area contributed by atoms with Crippen LogP contribution >= 0.6 is 11.6 Å². The summed E-state index contributed by atoms with van der Waals surface area (Å²) in [5.74, 6) is 0.372. The number of hydrogen-bond acceptors (Lipinski definition) is 5.